The Kier molecular flexibility index (Phi) is 2.74. The molecule has 4 rings (SSSR count). The molecule has 1 N–H and O–H groups in total. The van der Waals surface area contributed by atoms with Crippen LogP contribution in [0.2, 0.25) is 0 Å². The van der Waals surface area contributed by atoms with E-state index in [1.807, 2.05) is 42.6 Å². The van der Waals surface area contributed by atoms with Gasteiger partial charge in [-0.2, -0.15) is 0 Å². The van der Waals surface area contributed by atoms with Crippen LogP contribution in [0.4, 0.5) is 0 Å². The van der Waals surface area contributed by atoms with Gasteiger partial charge in [-0.15, -0.1) is 0 Å². The van der Waals surface area contributed by atoms with Gasteiger partial charge in [0.15, 0.2) is 12.0 Å². The van der Waals surface area contributed by atoms with Gasteiger partial charge in [0.2, 0.25) is 0 Å². The quantitative estimate of drug-likeness (QED) is 0.624. The lowest BCUT2D eigenvalue weighted by Crippen LogP contribution is -2.05. The Morgan fingerprint density at radius 1 is 1.10 bits per heavy atom. The minimum atomic E-state index is -0.0109. The van der Waals surface area contributed by atoms with E-state index < -0.39 is 0 Å². The van der Waals surface area contributed by atoms with Crippen LogP contribution in [0.25, 0.3) is 11.1 Å². The highest BCUT2D eigenvalue weighted by Gasteiger charge is 2.20. The second-order valence-electron chi connectivity index (χ2n) is 4.77. The number of aromatic amines is 1. The minimum Gasteiger partial charge on any atom is -0.443 e. The van der Waals surface area contributed by atoms with Gasteiger partial charge in [0.05, 0.1) is 17.9 Å². The first-order chi connectivity index (χ1) is 10.4. The van der Waals surface area contributed by atoms with Gasteiger partial charge < -0.3 is 9.40 Å². The highest BCUT2D eigenvalue weighted by atomic mass is 16.3. The molecular formula is C16H12N4O. The number of nitrogens with zero attached hydrogens (tertiary/aromatic N) is 3. The van der Waals surface area contributed by atoms with E-state index in [9.17, 15) is 0 Å². The predicted octanol–water partition coefficient (Wildman–Crippen LogP) is 3.13. The van der Waals surface area contributed by atoms with Crippen molar-refractivity contribution in [3.8, 4) is 0 Å². The summed E-state index contributed by atoms with van der Waals surface area (Å²) in [5.74, 6) is -0.0109. The fourth-order valence-corrected chi connectivity index (χ4v) is 2.53. The van der Waals surface area contributed by atoms with Crippen molar-refractivity contribution in [1.82, 2.24) is 19.9 Å². The molecule has 3 aromatic heterocycles. The van der Waals surface area contributed by atoms with Crippen LogP contribution in [0.1, 0.15) is 22.9 Å². The van der Waals surface area contributed by atoms with Gasteiger partial charge in [0.1, 0.15) is 5.52 Å². The molecule has 0 fully saturated rings. The average Bonchev–Trinajstić information content (AvgIpc) is 3.19. The van der Waals surface area contributed by atoms with E-state index in [1.54, 1.807) is 12.5 Å². The Morgan fingerprint density at radius 3 is 2.90 bits per heavy atom. The maximum atomic E-state index is 5.40. The second-order valence-corrected chi connectivity index (χ2v) is 4.77. The fraction of sp³-hybridized carbons (Fsp3) is 0.0625. The predicted molar refractivity (Wildman–Crippen MR) is 77.8 cm³/mol. The number of hydrogen-bond acceptors (Lipinski definition) is 4. The molecule has 0 aliphatic carbocycles. The lowest BCUT2D eigenvalue weighted by atomic mass is 9.92. The van der Waals surface area contributed by atoms with Gasteiger partial charge in [-0.1, -0.05) is 12.1 Å². The first-order valence-electron chi connectivity index (χ1n) is 6.64. The number of hydrogen-bond donors (Lipinski definition) is 1. The van der Waals surface area contributed by atoms with Gasteiger partial charge in [0, 0.05) is 18.1 Å². The van der Waals surface area contributed by atoms with E-state index >= 15 is 0 Å². The van der Waals surface area contributed by atoms with Crippen molar-refractivity contribution in [3.05, 3.63) is 78.5 Å². The van der Waals surface area contributed by atoms with Crippen LogP contribution in [0, 0.1) is 0 Å². The summed E-state index contributed by atoms with van der Waals surface area (Å²) in [6.45, 7) is 0. The summed E-state index contributed by atoms with van der Waals surface area (Å²) in [7, 11) is 0. The van der Waals surface area contributed by atoms with E-state index in [-0.39, 0.29) is 5.92 Å². The summed E-state index contributed by atoms with van der Waals surface area (Å²) in [4.78, 5) is 15.9. The number of pyridine rings is 1. The van der Waals surface area contributed by atoms with E-state index in [0.717, 1.165) is 28.1 Å². The topological polar surface area (TPSA) is 67.6 Å². The summed E-state index contributed by atoms with van der Waals surface area (Å²) in [5.41, 5.74) is 4.66. The van der Waals surface area contributed by atoms with Crippen molar-refractivity contribution in [2.24, 2.45) is 0 Å². The lowest BCUT2D eigenvalue weighted by Gasteiger charge is -2.15. The minimum absolute atomic E-state index is 0.0109. The second kappa shape index (κ2) is 4.86. The monoisotopic (exact) mass is 276 g/mol. The van der Waals surface area contributed by atoms with Crippen molar-refractivity contribution < 1.29 is 4.42 Å². The standard InChI is InChI=1S/C16H12N4O/c1-2-6-18-13(3-1)16(14-8-17-9-19-14)11-4-5-12-15(7-11)21-10-20-12/h1-10,16H,(H,17,19). The third kappa shape index (κ3) is 2.08. The van der Waals surface area contributed by atoms with Gasteiger partial charge >= 0.3 is 0 Å². The number of nitrogens with one attached hydrogen (secondary N) is 1. The SMILES string of the molecule is c1ccc(C(c2ccc3ncoc3c2)c2cnc[nH]2)nc1. The maximum Gasteiger partial charge on any atom is 0.181 e. The number of benzene rings is 1. The molecule has 0 amide bonds. The molecule has 0 radical (unpaired) electrons. The van der Waals surface area contributed by atoms with Gasteiger partial charge in [0.25, 0.3) is 0 Å². The lowest BCUT2D eigenvalue weighted by molar-refractivity contribution is 0.601. The van der Waals surface area contributed by atoms with Crippen molar-refractivity contribution in [2.75, 3.05) is 0 Å². The number of fused-ring (bicyclic) bond motifs is 1. The van der Waals surface area contributed by atoms with Gasteiger partial charge in [-0.25, -0.2) is 9.97 Å². The Balaban J connectivity index is 1.89. The third-order valence-electron chi connectivity index (χ3n) is 3.50. The zero-order chi connectivity index (χ0) is 14.1. The third-order valence-corrected chi connectivity index (χ3v) is 3.50. The Bertz CT molecular complexity index is 852. The molecule has 21 heavy (non-hydrogen) atoms. The summed E-state index contributed by atoms with van der Waals surface area (Å²) >= 11 is 0. The molecule has 5 heteroatoms. The summed E-state index contributed by atoms with van der Waals surface area (Å²) in [6, 6.07) is 11.9. The van der Waals surface area contributed by atoms with Crippen LogP contribution < -0.4 is 0 Å². The van der Waals surface area contributed by atoms with Gasteiger partial charge in [-0.05, 0) is 29.8 Å². The molecule has 0 aliphatic heterocycles. The number of H-pyrrole nitrogens is 1. The fourth-order valence-electron chi connectivity index (χ4n) is 2.53. The molecule has 1 atom stereocenters. The van der Waals surface area contributed by atoms with Crippen LogP contribution in [0.15, 0.2) is 65.9 Å². The largest absolute Gasteiger partial charge is 0.443 e. The van der Waals surface area contributed by atoms with Crippen molar-refractivity contribution >= 4 is 11.1 Å². The number of oxazole rings is 1. The maximum absolute atomic E-state index is 5.40. The van der Waals surface area contributed by atoms with Crippen LogP contribution in [0.5, 0.6) is 0 Å². The summed E-state index contributed by atoms with van der Waals surface area (Å²) < 4.78 is 5.40. The Hall–Kier alpha value is -2.95. The molecular weight excluding hydrogens is 264 g/mol. The van der Waals surface area contributed by atoms with Crippen molar-refractivity contribution in [2.45, 2.75) is 5.92 Å². The first kappa shape index (κ1) is 11.8. The summed E-state index contributed by atoms with van der Waals surface area (Å²) in [6.07, 6.45) is 6.76. The molecule has 0 saturated heterocycles. The number of aromatic nitrogens is 4. The number of imidazole rings is 1. The molecule has 0 spiro atoms. The number of rotatable bonds is 3. The zero-order valence-electron chi connectivity index (χ0n) is 11.1. The van der Waals surface area contributed by atoms with E-state index in [4.69, 9.17) is 4.42 Å². The molecule has 3 heterocycles. The molecule has 1 aromatic carbocycles. The Labute approximate surface area is 120 Å². The summed E-state index contributed by atoms with van der Waals surface area (Å²) in [5, 5.41) is 0. The molecule has 0 saturated carbocycles. The normalized spacial score (nSPS) is 12.6. The van der Waals surface area contributed by atoms with Crippen LogP contribution in [-0.4, -0.2) is 19.9 Å². The van der Waals surface area contributed by atoms with E-state index in [2.05, 4.69) is 19.9 Å². The van der Waals surface area contributed by atoms with Crippen LogP contribution >= 0.6 is 0 Å². The Morgan fingerprint density at radius 2 is 2.10 bits per heavy atom. The molecule has 0 aliphatic rings. The molecule has 1 unspecified atom stereocenters. The average molecular weight is 276 g/mol. The van der Waals surface area contributed by atoms with E-state index in [1.165, 1.54) is 6.39 Å². The molecule has 102 valence electrons. The van der Waals surface area contributed by atoms with Crippen molar-refractivity contribution in [1.29, 1.82) is 0 Å². The highest BCUT2D eigenvalue weighted by Crippen LogP contribution is 2.30. The highest BCUT2D eigenvalue weighted by molar-refractivity contribution is 5.73. The molecule has 0 bridgehead atoms. The van der Waals surface area contributed by atoms with Crippen LogP contribution in [0.3, 0.4) is 0 Å². The molecule has 4 aromatic rings. The molecule has 5 nitrogen and oxygen atoms in total. The van der Waals surface area contributed by atoms with Gasteiger partial charge in [-0.3, -0.25) is 4.98 Å². The smallest absolute Gasteiger partial charge is 0.181 e. The van der Waals surface area contributed by atoms with E-state index in [0.29, 0.717) is 0 Å². The van der Waals surface area contributed by atoms with Crippen LogP contribution in [-0.2, 0) is 0 Å². The first-order valence-corrected chi connectivity index (χ1v) is 6.64. The van der Waals surface area contributed by atoms with Crippen molar-refractivity contribution in [3.63, 3.8) is 0 Å². The zero-order valence-corrected chi connectivity index (χ0v) is 11.1.